The molecule has 5 heteroatoms. The minimum Gasteiger partial charge on any atom is -0.496 e. The number of nitrogens with zero attached hydrogens (tertiary/aromatic N) is 1. The number of para-hydroxylation sites is 1. The Bertz CT molecular complexity index is 766. The molecule has 0 radical (unpaired) electrons. The summed E-state index contributed by atoms with van der Waals surface area (Å²) in [5.41, 5.74) is 3.90. The van der Waals surface area contributed by atoms with E-state index < -0.39 is 0 Å². The first-order valence-electron chi connectivity index (χ1n) is 8.64. The van der Waals surface area contributed by atoms with Gasteiger partial charge < -0.3 is 15.0 Å². The molecule has 0 saturated carbocycles. The number of carbonyl (C=O) groups excluding carboxylic acids is 2. The zero-order valence-corrected chi connectivity index (χ0v) is 15.8. The lowest BCUT2D eigenvalue weighted by Crippen LogP contribution is -2.31. The minimum atomic E-state index is -0.110. The number of rotatable bonds is 7. The molecule has 26 heavy (non-hydrogen) atoms. The van der Waals surface area contributed by atoms with Crippen molar-refractivity contribution >= 4 is 17.5 Å². The lowest BCUT2D eigenvalue weighted by Gasteiger charge is -2.22. The van der Waals surface area contributed by atoms with Crippen molar-refractivity contribution in [2.45, 2.75) is 33.7 Å². The molecule has 5 nitrogen and oxygen atoms in total. The van der Waals surface area contributed by atoms with Crippen molar-refractivity contribution in [1.29, 1.82) is 0 Å². The van der Waals surface area contributed by atoms with Gasteiger partial charge in [0.05, 0.1) is 7.11 Å². The molecular weight excluding hydrogens is 328 g/mol. The third-order valence-corrected chi connectivity index (χ3v) is 4.11. The van der Waals surface area contributed by atoms with E-state index in [-0.39, 0.29) is 18.2 Å². The summed E-state index contributed by atoms with van der Waals surface area (Å²) in [4.78, 5) is 25.9. The molecule has 2 rings (SSSR count). The summed E-state index contributed by atoms with van der Waals surface area (Å²) in [6.07, 6.45) is 0.238. The van der Waals surface area contributed by atoms with Gasteiger partial charge in [-0.3, -0.25) is 9.59 Å². The van der Waals surface area contributed by atoms with Crippen LogP contribution in [-0.2, 0) is 16.1 Å². The average molecular weight is 354 g/mol. The molecule has 0 fully saturated rings. The molecule has 0 bridgehead atoms. The van der Waals surface area contributed by atoms with Crippen LogP contribution < -0.4 is 10.1 Å². The first kappa shape index (κ1) is 19.5. The Hall–Kier alpha value is -2.82. The fraction of sp³-hybridized carbons (Fsp3) is 0.333. The predicted molar refractivity (Wildman–Crippen MR) is 103 cm³/mol. The number of benzene rings is 2. The second-order valence-corrected chi connectivity index (χ2v) is 6.43. The minimum absolute atomic E-state index is 0.0740. The Balaban J connectivity index is 1.97. The topological polar surface area (TPSA) is 58.6 Å². The van der Waals surface area contributed by atoms with E-state index in [4.69, 9.17) is 4.74 Å². The van der Waals surface area contributed by atoms with Crippen molar-refractivity contribution in [3.8, 4) is 5.75 Å². The van der Waals surface area contributed by atoms with Crippen LogP contribution in [0.3, 0.4) is 0 Å². The Morgan fingerprint density at radius 3 is 2.35 bits per heavy atom. The number of methoxy groups -OCH3 is 1. The van der Waals surface area contributed by atoms with Crippen LogP contribution in [0.1, 0.15) is 30.0 Å². The van der Waals surface area contributed by atoms with Crippen LogP contribution in [0.15, 0.2) is 42.5 Å². The van der Waals surface area contributed by atoms with Crippen LogP contribution in [-0.4, -0.2) is 30.4 Å². The van der Waals surface area contributed by atoms with Crippen molar-refractivity contribution in [3.63, 3.8) is 0 Å². The standard InChI is InChI=1S/C21H26N2O3/c1-15-11-16(2)13-19(12-15)22-21(25)9-10-23(17(3)24)14-18-7-5-6-8-20(18)26-4/h5-8,11-13H,9-10,14H2,1-4H3,(H,22,25). The van der Waals surface area contributed by atoms with E-state index in [9.17, 15) is 9.59 Å². The first-order chi connectivity index (χ1) is 12.4. The van der Waals surface area contributed by atoms with Gasteiger partial charge in [0.2, 0.25) is 11.8 Å². The lowest BCUT2D eigenvalue weighted by atomic mass is 10.1. The average Bonchev–Trinajstić information content (AvgIpc) is 2.57. The molecular formula is C21H26N2O3. The highest BCUT2D eigenvalue weighted by molar-refractivity contribution is 5.91. The van der Waals surface area contributed by atoms with Gasteiger partial charge in [-0.05, 0) is 43.2 Å². The van der Waals surface area contributed by atoms with Gasteiger partial charge in [0.1, 0.15) is 5.75 Å². The number of carbonyl (C=O) groups is 2. The molecule has 0 heterocycles. The zero-order chi connectivity index (χ0) is 19.1. The maximum atomic E-state index is 12.3. The molecule has 0 unspecified atom stereocenters. The molecule has 0 aromatic heterocycles. The third-order valence-electron chi connectivity index (χ3n) is 4.11. The quantitative estimate of drug-likeness (QED) is 0.825. The molecule has 0 aliphatic carbocycles. The Morgan fingerprint density at radius 1 is 1.08 bits per heavy atom. The van der Waals surface area contributed by atoms with Gasteiger partial charge in [0.15, 0.2) is 0 Å². The second-order valence-electron chi connectivity index (χ2n) is 6.43. The monoisotopic (exact) mass is 354 g/mol. The molecule has 2 amide bonds. The largest absolute Gasteiger partial charge is 0.496 e. The summed E-state index contributed by atoms with van der Waals surface area (Å²) < 4.78 is 5.34. The van der Waals surface area contributed by atoms with Crippen LogP contribution in [0.25, 0.3) is 0 Å². The van der Waals surface area contributed by atoms with E-state index in [0.29, 0.717) is 13.1 Å². The molecule has 0 aliphatic heterocycles. The number of anilines is 1. The Kier molecular flexibility index (Phi) is 6.78. The van der Waals surface area contributed by atoms with E-state index in [1.165, 1.54) is 6.92 Å². The Labute approximate surface area is 155 Å². The summed E-state index contributed by atoms with van der Waals surface area (Å²) in [5.74, 6) is 0.551. The summed E-state index contributed by atoms with van der Waals surface area (Å²) in [7, 11) is 1.61. The first-order valence-corrected chi connectivity index (χ1v) is 8.64. The maximum Gasteiger partial charge on any atom is 0.226 e. The molecule has 0 spiro atoms. The van der Waals surface area contributed by atoms with Crippen molar-refractivity contribution in [1.82, 2.24) is 4.90 Å². The van der Waals surface area contributed by atoms with Crippen molar-refractivity contribution in [2.75, 3.05) is 19.0 Å². The van der Waals surface area contributed by atoms with E-state index in [1.54, 1.807) is 12.0 Å². The highest BCUT2D eigenvalue weighted by Gasteiger charge is 2.14. The highest BCUT2D eigenvalue weighted by Crippen LogP contribution is 2.19. The molecule has 0 aliphatic rings. The number of hydrogen-bond acceptors (Lipinski definition) is 3. The maximum absolute atomic E-state index is 12.3. The molecule has 1 N–H and O–H groups in total. The van der Waals surface area contributed by atoms with Gasteiger partial charge in [-0.15, -0.1) is 0 Å². The van der Waals surface area contributed by atoms with Gasteiger partial charge in [-0.25, -0.2) is 0 Å². The van der Waals surface area contributed by atoms with E-state index in [1.807, 2.05) is 50.2 Å². The summed E-state index contributed by atoms with van der Waals surface area (Å²) in [5, 5.41) is 2.90. The third kappa shape index (κ3) is 5.62. The van der Waals surface area contributed by atoms with E-state index in [2.05, 4.69) is 11.4 Å². The van der Waals surface area contributed by atoms with E-state index >= 15 is 0 Å². The SMILES string of the molecule is COc1ccccc1CN(CCC(=O)Nc1cc(C)cc(C)c1)C(C)=O. The summed E-state index contributed by atoms with van der Waals surface area (Å²) in [6, 6.07) is 13.5. The summed E-state index contributed by atoms with van der Waals surface area (Å²) in [6.45, 7) is 6.26. The van der Waals surface area contributed by atoms with Gasteiger partial charge in [-0.1, -0.05) is 24.3 Å². The van der Waals surface area contributed by atoms with Crippen LogP contribution in [0, 0.1) is 13.8 Å². The summed E-state index contributed by atoms with van der Waals surface area (Å²) >= 11 is 0. The van der Waals surface area contributed by atoms with Gasteiger partial charge in [0.25, 0.3) is 0 Å². The fourth-order valence-electron chi connectivity index (χ4n) is 2.89. The van der Waals surface area contributed by atoms with Crippen molar-refractivity contribution in [2.24, 2.45) is 0 Å². The van der Waals surface area contributed by atoms with Crippen LogP contribution >= 0.6 is 0 Å². The van der Waals surface area contributed by atoms with Crippen molar-refractivity contribution < 1.29 is 14.3 Å². The molecule has 0 atom stereocenters. The van der Waals surface area contributed by atoms with Crippen LogP contribution in [0.5, 0.6) is 5.75 Å². The number of nitrogens with one attached hydrogen (secondary N) is 1. The number of hydrogen-bond donors (Lipinski definition) is 1. The molecule has 138 valence electrons. The van der Waals surface area contributed by atoms with Gasteiger partial charge in [0, 0.05) is 37.7 Å². The smallest absolute Gasteiger partial charge is 0.226 e. The van der Waals surface area contributed by atoms with E-state index in [0.717, 1.165) is 28.1 Å². The Morgan fingerprint density at radius 2 is 1.73 bits per heavy atom. The number of ether oxygens (including phenoxy) is 1. The van der Waals surface area contributed by atoms with Crippen LogP contribution in [0.2, 0.25) is 0 Å². The lowest BCUT2D eigenvalue weighted by molar-refractivity contribution is -0.129. The molecule has 2 aromatic rings. The number of aryl methyl sites for hydroxylation is 2. The van der Waals surface area contributed by atoms with Crippen LogP contribution in [0.4, 0.5) is 5.69 Å². The number of amides is 2. The normalized spacial score (nSPS) is 10.3. The molecule has 2 aromatic carbocycles. The molecule has 0 saturated heterocycles. The predicted octanol–water partition coefficient (Wildman–Crippen LogP) is 3.69. The highest BCUT2D eigenvalue weighted by atomic mass is 16.5. The van der Waals surface area contributed by atoms with Gasteiger partial charge in [-0.2, -0.15) is 0 Å². The van der Waals surface area contributed by atoms with Gasteiger partial charge >= 0.3 is 0 Å². The zero-order valence-electron chi connectivity index (χ0n) is 15.8. The second kappa shape index (κ2) is 9.04. The van der Waals surface area contributed by atoms with Crippen molar-refractivity contribution in [3.05, 3.63) is 59.2 Å². The fourth-order valence-corrected chi connectivity index (χ4v) is 2.89.